The van der Waals surface area contributed by atoms with Crippen molar-refractivity contribution in [3.8, 4) is 0 Å². The van der Waals surface area contributed by atoms with Crippen LogP contribution in [0.5, 0.6) is 0 Å². The third kappa shape index (κ3) is 6.63. The summed E-state index contributed by atoms with van der Waals surface area (Å²) in [7, 11) is 0. The lowest BCUT2D eigenvalue weighted by Gasteiger charge is -2.32. The fourth-order valence-electron chi connectivity index (χ4n) is 2.62. The topological polar surface area (TPSA) is 78.7 Å². The second-order valence-electron chi connectivity index (χ2n) is 5.22. The summed E-state index contributed by atoms with van der Waals surface area (Å²) in [6.45, 7) is 8.42. The third-order valence-electron chi connectivity index (χ3n) is 3.79. The van der Waals surface area contributed by atoms with Crippen LogP contribution in [0, 0.1) is 5.92 Å². The molecule has 0 bridgehead atoms. The van der Waals surface area contributed by atoms with Crippen LogP contribution in [0.1, 0.15) is 26.7 Å². The molecule has 0 saturated carbocycles. The molecule has 1 aliphatic rings. The number of carbonyl (C=O) groups is 2. The van der Waals surface area contributed by atoms with Gasteiger partial charge >= 0.3 is 0 Å². The minimum Gasteiger partial charge on any atom is -0.355 e. The smallest absolute Gasteiger partial charge is 0.236 e. The van der Waals surface area contributed by atoms with E-state index in [-0.39, 0.29) is 30.1 Å². The van der Waals surface area contributed by atoms with Crippen LogP contribution in [-0.2, 0) is 9.59 Å². The molecule has 0 aromatic heterocycles. The molecule has 6 nitrogen and oxygen atoms in total. The Kier molecular flexibility index (Phi) is 10.4. The third-order valence-corrected chi connectivity index (χ3v) is 3.79. The standard InChI is InChI=1S/C14H28N4O2.ClH/c1-3-18(4-2)13(19)11-17-9-5-6-12(10-17)14(20)16-8-7-15;/h12H,3-11,15H2,1-2H3,(H,16,20);1H. The van der Waals surface area contributed by atoms with Crippen molar-refractivity contribution in [2.75, 3.05) is 45.8 Å². The minimum absolute atomic E-state index is 0. The molecule has 1 saturated heterocycles. The molecule has 0 spiro atoms. The summed E-state index contributed by atoms with van der Waals surface area (Å²) in [6, 6.07) is 0. The second kappa shape index (κ2) is 10.8. The van der Waals surface area contributed by atoms with Crippen molar-refractivity contribution in [2.45, 2.75) is 26.7 Å². The number of nitrogens with two attached hydrogens (primary N) is 1. The van der Waals surface area contributed by atoms with E-state index in [1.807, 2.05) is 18.7 Å². The predicted molar refractivity (Wildman–Crippen MR) is 86.4 cm³/mol. The van der Waals surface area contributed by atoms with Gasteiger partial charge in [-0.05, 0) is 33.2 Å². The number of nitrogens with one attached hydrogen (secondary N) is 1. The normalized spacial score (nSPS) is 18.7. The second-order valence-corrected chi connectivity index (χ2v) is 5.22. The monoisotopic (exact) mass is 320 g/mol. The SMILES string of the molecule is CCN(CC)C(=O)CN1CCCC(C(=O)NCCN)C1.Cl. The van der Waals surface area contributed by atoms with Gasteiger partial charge in [-0.15, -0.1) is 12.4 Å². The van der Waals surface area contributed by atoms with E-state index in [1.54, 1.807) is 0 Å². The van der Waals surface area contributed by atoms with Crippen LogP contribution in [0.3, 0.4) is 0 Å². The molecule has 7 heteroatoms. The predicted octanol–water partition coefficient (Wildman–Crippen LogP) is 0.0635. The zero-order chi connectivity index (χ0) is 15.0. The number of amides is 2. The van der Waals surface area contributed by atoms with Gasteiger partial charge in [-0.1, -0.05) is 0 Å². The first kappa shape index (κ1) is 20.1. The maximum Gasteiger partial charge on any atom is 0.236 e. The molecule has 0 aliphatic carbocycles. The van der Waals surface area contributed by atoms with E-state index < -0.39 is 0 Å². The Bertz CT molecular complexity index is 324. The van der Waals surface area contributed by atoms with Crippen molar-refractivity contribution in [3.05, 3.63) is 0 Å². The molecule has 1 rings (SSSR count). The summed E-state index contributed by atoms with van der Waals surface area (Å²) in [5.74, 6) is 0.202. The minimum atomic E-state index is -0.0141. The van der Waals surface area contributed by atoms with E-state index in [0.717, 1.165) is 32.5 Å². The molecule has 0 aromatic rings. The number of likely N-dealkylation sites (N-methyl/N-ethyl adjacent to an activating group) is 1. The van der Waals surface area contributed by atoms with Gasteiger partial charge < -0.3 is 16.0 Å². The van der Waals surface area contributed by atoms with Crippen LogP contribution in [0.25, 0.3) is 0 Å². The number of likely N-dealkylation sites (tertiary alicyclic amines) is 1. The van der Waals surface area contributed by atoms with E-state index in [4.69, 9.17) is 5.73 Å². The Morgan fingerprint density at radius 1 is 1.33 bits per heavy atom. The number of hydrogen-bond donors (Lipinski definition) is 2. The van der Waals surface area contributed by atoms with Gasteiger partial charge in [0.1, 0.15) is 0 Å². The quantitative estimate of drug-likeness (QED) is 0.695. The number of carbonyl (C=O) groups excluding carboxylic acids is 2. The fourth-order valence-corrected chi connectivity index (χ4v) is 2.62. The van der Waals surface area contributed by atoms with Crippen LogP contribution in [0.2, 0.25) is 0 Å². The molecule has 3 N–H and O–H groups in total. The molecule has 0 radical (unpaired) electrons. The Balaban J connectivity index is 0.00000400. The highest BCUT2D eigenvalue weighted by atomic mass is 35.5. The molecule has 1 aliphatic heterocycles. The lowest BCUT2D eigenvalue weighted by atomic mass is 9.97. The van der Waals surface area contributed by atoms with Crippen molar-refractivity contribution in [2.24, 2.45) is 11.7 Å². The summed E-state index contributed by atoms with van der Waals surface area (Å²) in [4.78, 5) is 28.0. The van der Waals surface area contributed by atoms with Crippen LogP contribution in [0.4, 0.5) is 0 Å². The van der Waals surface area contributed by atoms with Crippen LogP contribution in [-0.4, -0.2) is 67.4 Å². The lowest BCUT2D eigenvalue weighted by Crippen LogP contribution is -2.47. The Hall–Kier alpha value is -0.850. The molecule has 1 heterocycles. The van der Waals surface area contributed by atoms with Crippen LogP contribution >= 0.6 is 12.4 Å². The molecule has 124 valence electrons. The van der Waals surface area contributed by atoms with E-state index in [9.17, 15) is 9.59 Å². The Labute approximate surface area is 133 Å². The van der Waals surface area contributed by atoms with Gasteiger partial charge in [0.05, 0.1) is 12.5 Å². The van der Waals surface area contributed by atoms with Crippen molar-refractivity contribution >= 4 is 24.2 Å². The summed E-state index contributed by atoms with van der Waals surface area (Å²) in [5.41, 5.74) is 5.39. The van der Waals surface area contributed by atoms with Crippen LogP contribution in [0.15, 0.2) is 0 Å². The van der Waals surface area contributed by atoms with Gasteiger partial charge in [-0.25, -0.2) is 0 Å². The van der Waals surface area contributed by atoms with Gasteiger partial charge in [0.25, 0.3) is 0 Å². The van der Waals surface area contributed by atoms with Crippen molar-refractivity contribution in [1.29, 1.82) is 0 Å². The maximum absolute atomic E-state index is 12.1. The first-order chi connectivity index (χ1) is 9.62. The van der Waals surface area contributed by atoms with E-state index >= 15 is 0 Å². The van der Waals surface area contributed by atoms with E-state index in [2.05, 4.69) is 10.2 Å². The Morgan fingerprint density at radius 2 is 2.00 bits per heavy atom. The average molecular weight is 321 g/mol. The summed E-state index contributed by atoms with van der Waals surface area (Å²) < 4.78 is 0. The average Bonchev–Trinajstić information content (AvgIpc) is 2.46. The number of halogens is 1. The molecular formula is C14H29ClN4O2. The first-order valence-electron chi connectivity index (χ1n) is 7.60. The van der Waals surface area contributed by atoms with Crippen LogP contribution < -0.4 is 11.1 Å². The van der Waals surface area contributed by atoms with E-state index in [0.29, 0.717) is 26.2 Å². The Morgan fingerprint density at radius 3 is 2.57 bits per heavy atom. The van der Waals surface area contributed by atoms with Gasteiger partial charge in [0, 0.05) is 32.7 Å². The summed E-state index contributed by atoms with van der Waals surface area (Å²) >= 11 is 0. The molecule has 1 unspecified atom stereocenters. The van der Waals surface area contributed by atoms with Gasteiger partial charge in [0.15, 0.2) is 0 Å². The molecule has 0 aromatic carbocycles. The molecular weight excluding hydrogens is 292 g/mol. The summed E-state index contributed by atoms with van der Waals surface area (Å²) in [6.07, 6.45) is 1.86. The fraction of sp³-hybridized carbons (Fsp3) is 0.857. The number of piperidine rings is 1. The molecule has 1 fully saturated rings. The number of rotatable bonds is 7. The zero-order valence-electron chi connectivity index (χ0n) is 13.1. The molecule has 2 amide bonds. The lowest BCUT2D eigenvalue weighted by molar-refractivity contribution is -0.134. The van der Waals surface area contributed by atoms with Gasteiger partial charge in [0.2, 0.25) is 11.8 Å². The molecule has 21 heavy (non-hydrogen) atoms. The highest BCUT2D eigenvalue weighted by Crippen LogP contribution is 2.16. The van der Waals surface area contributed by atoms with Crippen molar-refractivity contribution in [1.82, 2.24) is 15.1 Å². The van der Waals surface area contributed by atoms with Gasteiger partial charge in [-0.3, -0.25) is 14.5 Å². The van der Waals surface area contributed by atoms with Crippen molar-refractivity contribution in [3.63, 3.8) is 0 Å². The number of hydrogen-bond acceptors (Lipinski definition) is 4. The van der Waals surface area contributed by atoms with E-state index in [1.165, 1.54) is 0 Å². The largest absolute Gasteiger partial charge is 0.355 e. The zero-order valence-corrected chi connectivity index (χ0v) is 14.0. The van der Waals surface area contributed by atoms with Gasteiger partial charge in [-0.2, -0.15) is 0 Å². The summed E-state index contributed by atoms with van der Waals surface area (Å²) in [5, 5.41) is 2.84. The molecule has 1 atom stereocenters. The maximum atomic E-state index is 12.1. The highest BCUT2D eigenvalue weighted by molar-refractivity contribution is 5.85. The number of nitrogens with zero attached hydrogens (tertiary/aromatic N) is 2. The first-order valence-corrected chi connectivity index (χ1v) is 7.60. The van der Waals surface area contributed by atoms with Crippen molar-refractivity contribution < 1.29 is 9.59 Å². The highest BCUT2D eigenvalue weighted by Gasteiger charge is 2.27.